The van der Waals surface area contributed by atoms with Crippen LogP contribution in [0.15, 0.2) is 67.3 Å². The van der Waals surface area contributed by atoms with Gasteiger partial charge in [0.1, 0.15) is 31.9 Å². The highest BCUT2D eigenvalue weighted by Gasteiger charge is 2.44. The van der Waals surface area contributed by atoms with Crippen molar-refractivity contribution in [2.45, 2.75) is 24.8 Å². The first kappa shape index (κ1) is 20.2. The lowest BCUT2D eigenvalue weighted by molar-refractivity contribution is -0.275. The molecular weight excluding hydrogens is 403 g/mol. The number of aromatic nitrogens is 3. The van der Waals surface area contributed by atoms with Crippen molar-refractivity contribution < 1.29 is 32.1 Å². The van der Waals surface area contributed by atoms with Gasteiger partial charge in [-0.25, -0.2) is 9.67 Å². The van der Waals surface area contributed by atoms with Crippen LogP contribution in [0.3, 0.4) is 0 Å². The minimum atomic E-state index is -4.81. The molecule has 1 aliphatic rings. The molecule has 0 amide bonds. The van der Waals surface area contributed by atoms with Gasteiger partial charge in [0.25, 0.3) is 0 Å². The average molecular weight is 421 g/mol. The first-order valence-corrected chi connectivity index (χ1v) is 9.11. The zero-order valence-corrected chi connectivity index (χ0v) is 15.7. The van der Waals surface area contributed by atoms with Gasteiger partial charge >= 0.3 is 6.36 Å². The standard InChI is InChI=1S/C20H18F3N3O4/c21-20(22,23)30-18-9-5-4-8-17(18)27-10-16-11-28-19(29-16,12-26-14-24-13-25-26)15-6-2-1-3-7-15/h1-9,13-14,16H,10-12H2. The van der Waals surface area contributed by atoms with Crippen molar-refractivity contribution in [2.75, 3.05) is 13.2 Å². The van der Waals surface area contributed by atoms with Gasteiger partial charge in [0, 0.05) is 5.56 Å². The smallest absolute Gasteiger partial charge is 0.487 e. The quantitative estimate of drug-likeness (QED) is 0.582. The fourth-order valence-electron chi connectivity index (χ4n) is 3.15. The third-order valence-electron chi connectivity index (χ3n) is 4.41. The molecule has 0 spiro atoms. The Kier molecular flexibility index (Phi) is 5.60. The van der Waals surface area contributed by atoms with Crippen LogP contribution in [0.4, 0.5) is 13.2 Å². The van der Waals surface area contributed by atoms with Crippen molar-refractivity contribution in [3.63, 3.8) is 0 Å². The second kappa shape index (κ2) is 8.33. The van der Waals surface area contributed by atoms with Gasteiger partial charge in [0.15, 0.2) is 11.5 Å². The van der Waals surface area contributed by atoms with Crippen LogP contribution in [0.1, 0.15) is 5.56 Å². The van der Waals surface area contributed by atoms with E-state index in [9.17, 15) is 13.2 Å². The summed E-state index contributed by atoms with van der Waals surface area (Å²) in [6, 6.07) is 14.9. The summed E-state index contributed by atoms with van der Waals surface area (Å²) in [5.74, 6) is -1.57. The molecular formula is C20H18F3N3O4. The van der Waals surface area contributed by atoms with E-state index in [0.717, 1.165) is 5.56 Å². The third kappa shape index (κ3) is 4.71. The van der Waals surface area contributed by atoms with E-state index in [0.29, 0.717) is 0 Å². The number of hydrogen-bond donors (Lipinski definition) is 0. The zero-order valence-electron chi connectivity index (χ0n) is 15.7. The minimum absolute atomic E-state index is 0.0236. The van der Waals surface area contributed by atoms with E-state index >= 15 is 0 Å². The maximum absolute atomic E-state index is 12.6. The second-order valence-corrected chi connectivity index (χ2v) is 6.57. The highest BCUT2D eigenvalue weighted by Crippen LogP contribution is 2.37. The van der Waals surface area contributed by atoms with Gasteiger partial charge < -0.3 is 18.9 Å². The van der Waals surface area contributed by atoms with Crippen molar-refractivity contribution in [1.29, 1.82) is 0 Å². The number of para-hydroxylation sites is 2. The lowest BCUT2D eigenvalue weighted by atomic mass is 10.1. The topological polar surface area (TPSA) is 67.6 Å². The molecule has 1 fully saturated rings. The molecule has 7 nitrogen and oxygen atoms in total. The van der Waals surface area contributed by atoms with E-state index in [1.807, 2.05) is 30.3 Å². The van der Waals surface area contributed by atoms with Crippen molar-refractivity contribution >= 4 is 0 Å². The minimum Gasteiger partial charge on any atom is -0.487 e. The number of alkyl halides is 3. The van der Waals surface area contributed by atoms with E-state index in [4.69, 9.17) is 14.2 Å². The van der Waals surface area contributed by atoms with Crippen LogP contribution >= 0.6 is 0 Å². The summed E-state index contributed by atoms with van der Waals surface area (Å²) in [5.41, 5.74) is 0.781. The Morgan fingerprint density at radius 2 is 1.80 bits per heavy atom. The van der Waals surface area contributed by atoms with Crippen molar-refractivity contribution in [3.8, 4) is 11.5 Å². The van der Waals surface area contributed by atoms with Gasteiger partial charge in [-0.15, -0.1) is 13.2 Å². The number of rotatable bonds is 7. The summed E-state index contributed by atoms with van der Waals surface area (Å²) in [4.78, 5) is 3.93. The number of halogens is 3. The van der Waals surface area contributed by atoms with Crippen molar-refractivity contribution in [1.82, 2.24) is 14.8 Å². The zero-order chi connectivity index (χ0) is 21.0. The molecule has 0 saturated carbocycles. The van der Waals surface area contributed by atoms with Crippen LogP contribution < -0.4 is 9.47 Å². The third-order valence-corrected chi connectivity index (χ3v) is 4.41. The SMILES string of the molecule is FC(F)(F)Oc1ccccc1OCC1COC(Cn2cncn2)(c2ccccc2)O1. The lowest BCUT2D eigenvalue weighted by Gasteiger charge is -2.28. The number of nitrogens with zero attached hydrogens (tertiary/aromatic N) is 3. The van der Waals surface area contributed by atoms with Crippen LogP contribution in [0.25, 0.3) is 0 Å². The fourth-order valence-corrected chi connectivity index (χ4v) is 3.15. The molecule has 2 aromatic carbocycles. The molecule has 0 N–H and O–H groups in total. The molecule has 2 unspecified atom stereocenters. The molecule has 30 heavy (non-hydrogen) atoms. The first-order valence-electron chi connectivity index (χ1n) is 9.11. The van der Waals surface area contributed by atoms with Crippen LogP contribution in [0.2, 0.25) is 0 Å². The molecule has 10 heteroatoms. The van der Waals surface area contributed by atoms with E-state index in [-0.39, 0.29) is 25.5 Å². The molecule has 1 saturated heterocycles. The molecule has 0 bridgehead atoms. The maximum atomic E-state index is 12.6. The number of hydrogen-bond acceptors (Lipinski definition) is 6. The summed E-state index contributed by atoms with van der Waals surface area (Å²) >= 11 is 0. The molecule has 3 aromatic rings. The van der Waals surface area contributed by atoms with Crippen LogP contribution in [-0.2, 0) is 21.8 Å². The summed E-state index contributed by atoms with van der Waals surface area (Å²) in [7, 11) is 0. The molecule has 0 radical (unpaired) electrons. The number of ether oxygens (including phenoxy) is 4. The fraction of sp³-hybridized carbons (Fsp3) is 0.300. The number of benzene rings is 2. The Balaban J connectivity index is 1.47. The van der Waals surface area contributed by atoms with Crippen molar-refractivity contribution in [3.05, 3.63) is 72.8 Å². The molecule has 1 aliphatic heterocycles. The van der Waals surface area contributed by atoms with Gasteiger partial charge in [-0.2, -0.15) is 5.10 Å². The predicted octanol–water partition coefficient (Wildman–Crippen LogP) is 3.52. The lowest BCUT2D eigenvalue weighted by Crippen LogP contribution is -2.34. The molecule has 4 rings (SSSR count). The molecule has 2 heterocycles. The van der Waals surface area contributed by atoms with Gasteiger partial charge in [-0.05, 0) is 12.1 Å². The van der Waals surface area contributed by atoms with Crippen molar-refractivity contribution in [2.24, 2.45) is 0 Å². The Morgan fingerprint density at radius 3 is 2.50 bits per heavy atom. The molecule has 0 aliphatic carbocycles. The van der Waals surface area contributed by atoms with Gasteiger partial charge in [-0.3, -0.25) is 0 Å². The van der Waals surface area contributed by atoms with E-state index in [1.165, 1.54) is 24.5 Å². The second-order valence-electron chi connectivity index (χ2n) is 6.57. The summed E-state index contributed by atoms with van der Waals surface area (Å²) in [6.07, 6.45) is -2.38. The monoisotopic (exact) mass is 421 g/mol. The van der Waals surface area contributed by atoms with Crippen LogP contribution in [0.5, 0.6) is 11.5 Å². The van der Waals surface area contributed by atoms with E-state index in [2.05, 4.69) is 14.8 Å². The Bertz CT molecular complexity index is 953. The van der Waals surface area contributed by atoms with Crippen LogP contribution in [-0.4, -0.2) is 40.4 Å². The Morgan fingerprint density at radius 1 is 1.07 bits per heavy atom. The highest BCUT2D eigenvalue weighted by atomic mass is 19.4. The van der Waals surface area contributed by atoms with E-state index < -0.39 is 24.0 Å². The Hall–Kier alpha value is -3.11. The molecule has 158 valence electrons. The van der Waals surface area contributed by atoms with Crippen LogP contribution in [0, 0.1) is 0 Å². The van der Waals surface area contributed by atoms with Gasteiger partial charge in [0.05, 0.1) is 6.61 Å². The summed E-state index contributed by atoms with van der Waals surface area (Å²) in [5, 5.41) is 4.11. The first-order chi connectivity index (χ1) is 14.4. The molecule has 1 aromatic heterocycles. The van der Waals surface area contributed by atoms with Gasteiger partial charge in [0.2, 0.25) is 5.79 Å². The predicted molar refractivity (Wildman–Crippen MR) is 97.6 cm³/mol. The molecule has 2 atom stereocenters. The van der Waals surface area contributed by atoms with E-state index in [1.54, 1.807) is 17.1 Å². The van der Waals surface area contributed by atoms with Gasteiger partial charge in [-0.1, -0.05) is 42.5 Å². The Labute approximate surface area is 170 Å². The highest BCUT2D eigenvalue weighted by molar-refractivity contribution is 5.39. The normalized spacial score (nSPS) is 21.5. The summed E-state index contributed by atoms with van der Waals surface area (Å²) < 4.78 is 61.1. The maximum Gasteiger partial charge on any atom is 0.573 e. The summed E-state index contributed by atoms with van der Waals surface area (Å²) in [6.45, 7) is 0.414. The average Bonchev–Trinajstić information content (AvgIpc) is 3.38. The largest absolute Gasteiger partial charge is 0.573 e.